The highest BCUT2D eigenvalue weighted by molar-refractivity contribution is 6.00. The van der Waals surface area contributed by atoms with Gasteiger partial charge in [-0.1, -0.05) is 25.5 Å². The third-order valence-corrected chi connectivity index (χ3v) is 3.36. The van der Waals surface area contributed by atoms with Crippen LogP contribution in [0.1, 0.15) is 36.5 Å². The first kappa shape index (κ1) is 16.3. The first-order chi connectivity index (χ1) is 10.2. The van der Waals surface area contributed by atoms with Crippen molar-refractivity contribution in [2.45, 2.75) is 38.1 Å². The van der Waals surface area contributed by atoms with Crippen molar-refractivity contribution in [3.8, 4) is 5.75 Å². The Morgan fingerprint density at radius 3 is 2.59 bits per heavy atom. The number of alkyl halides is 3. The van der Waals surface area contributed by atoms with E-state index in [0.717, 1.165) is 0 Å². The second kappa shape index (κ2) is 5.60. The molecule has 2 rings (SSSR count). The van der Waals surface area contributed by atoms with Gasteiger partial charge < -0.3 is 10.2 Å². The average Bonchev–Trinajstić information content (AvgIpc) is 2.77. The van der Waals surface area contributed by atoms with Gasteiger partial charge in [0.2, 0.25) is 0 Å². The van der Waals surface area contributed by atoms with Crippen molar-refractivity contribution in [2.75, 3.05) is 0 Å². The molecule has 1 aromatic carbocycles. The molecule has 0 aromatic heterocycles. The predicted octanol–water partition coefficient (Wildman–Crippen LogP) is 2.65. The zero-order valence-electron chi connectivity index (χ0n) is 11.8. The Morgan fingerprint density at radius 2 is 2.05 bits per heavy atom. The number of aromatic hydroxyl groups is 1. The number of amides is 1. The van der Waals surface area contributed by atoms with E-state index in [2.05, 4.69) is 5.10 Å². The van der Waals surface area contributed by atoms with Crippen LogP contribution >= 0.6 is 0 Å². The highest BCUT2D eigenvalue weighted by Crippen LogP contribution is 2.42. The van der Waals surface area contributed by atoms with E-state index < -0.39 is 30.0 Å². The highest BCUT2D eigenvalue weighted by Gasteiger charge is 2.63. The molecule has 0 aliphatic carbocycles. The molecule has 0 saturated carbocycles. The van der Waals surface area contributed by atoms with E-state index in [1.165, 1.54) is 24.3 Å². The Hall–Kier alpha value is -2.09. The second-order valence-electron chi connectivity index (χ2n) is 5.04. The van der Waals surface area contributed by atoms with E-state index in [0.29, 0.717) is 6.42 Å². The number of hydrazone groups is 1. The molecule has 0 unspecified atom stereocenters. The largest absolute Gasteiger partial charge is 0.507 e. The number of carbonyl (C=O) groups is 1. The lowest BCUT2D eigenvalue weighted by molar-refractivity contribution is -0.297. The lowest BCUT2D eigenvalue weighted by atomic mass is 10.0. The minimum Gasteiger partial charge on any atom is -0.507 e. The lowest BCUT2D eigenvalue weighted by Crippen LogP contribution is -2.56. The summed E-state index contributed by atoms with van der Waals surface area (Å²) in [6.07, 6.45) is -5.08. The van der Waals surface area contributed by atoms with Gasteiger partial charge in [-0.15, -0.1) is 0 Å². The summed E-state index contributed by atoms with van der Waals surface area (Å²) in [6.45, 7) is 1.75. The molecule has 0 radical (unpaired) electrons. The number of para-hydroxylation sites is 1. The van der Waals surface area contributed by atoms with Crippen molar-refractivity contribution in [1.29, 1.82) is 0 Å². The van der Waals surface area contributed by atoms with Crippen molar-refractivity contribution in [2.24, 2.45) is 5.10 Å². The zero-order chi connectivity index (χ0) is 16.5. The summed E-state index contributed by atoms with van der Waals surface area (Å²) in [5.74, 6) is -1.68. The van der Waals surface area contributed by atoms with Gasteiger partial charge in [-0.3, -0.25) is 4.79 Å². The summed E-state index contributed by atoms with van der Waals surface area (Å²) >= 11 is 0. The summed E-state index contributed by atoms with van der Waals surface area (Å²) in [7, 11) is 0. The molecule has 1 amide bonds. The van der Waals surface area contributed by atoms with Crippen LogP contribution in [0.25, 0.3) is 0 Å². The third kappa shape index (κ3) is 2.66. The molecule has 1 heterocycles. The Morgan fingerprint density at radius 1 is 1.41 bits per heavy atom. The van der Waals surface area contributed by atoms with Crippen molar-refractivity contribution < 1.29 is 28.2 Å². The first-order valence-electron chi connectivity index (χ1n) is 6.68. The number of phenols is 1. The molecule has 5 nitrogen and oxygen atoms in total. The molecule has 120 valence electrons. The van der Waals surface area contributed by atoms with E-state index >= 15 is 0 Å². The van der Waals surface area contributed by atoms with Crippen LogP contribution in [0.4, 0.5) is 13.2 Å². The number of carbonyl (C=O) groups excluding carboxylic acids is 1. The number of benzene rings is 1. The minimum atomic E-state index is -5.06. The molecule has 2 N–H and O–H groups in total. The summed E-state index contributed by atoms with van der Waals surface area (Å²) < 4.78 is 39.6. The van der Waals surface area contributed by atoms with Crippen LogP contribution in [0.2, 0.25) is 0 Å². The van der Waals surface area contributed by atoms with Gasteiger partial charge >= 0.3 is 6.18 Å². The van der Waals surface area contributed by atoms with E-state index in [1.807, 2.05) is 0 Å². The molecule has 1 atom stereocenters. The minimum absolute atomic E-state index is 0.0209. The molecule has 1 aromatic rings. The van der Waals surface area contributed by atoms with Crippen molar-refractivity contribution >= 4 is 11.6 Å². The van der Waals surface area contributed by atoms with Crippen LogP contribution in [-0.2, 0) is 0 Å². The van der Waals surface area contributed by atoms with Gasteiger partial charge in [0.05, 0.1) is 5.56 Å². The Balaban J connectivity index is 2.44. The summed E-state index contributed by atoms with van der Waals surface area (Å²) in [4.78, 5) is 12.3. The van der Waals surface area contributed by atoms with Crippen LogP contribution in [0, 0.1) is 0 Å². The number of hydrogen-bond donors (Lipinski definition) is 2. The molecule has 1 aliphatic heterocycles. The van der Waals surface area contributed by atoms with Crippen LogP contribution in [0.3, 0.4) is 0 Å². The number of halogens is 3. The molecule has 0 fully saturated rings. The smallest absolute Gasteiger partial charge is 0.438 e. The molecular formula is C14H15F3N2O3. The van der Waals surface area contributed by atoms with Gasteiger partial charge in [-0.25, -0.2) is 0 Å². The monoisotopic (exact) mass is 316 g/mol. The molecular weight excluding hydrogens is 301 g/mol. The maximum absolute atomic E-state index is 13.2. The fourth-order valence-electron chi connectivity index (χ4n) is 2.25. The van der Waals surface area contributed by atoms with Crippen LogP contribution < -0.4 is 0 Å². The van der Waals surface area contributed by atoms with Crippen molar-refractivity contribution in [3.63, 3.8) is 0 Å². The van der Waals surface area contributed by atoms with Gasteiger partial charge in [-0.2, -0.15) is 23.3 Å². The number of aliphatic hydroxyl groups is 1. The van der Waals surface area contributed by atoms with Crippen LogP contribution in [0.5, 0.6) is 5.75 Å². The maximum Gasteiger partial charge on any atom is 0.438 e. The highest BCUT2D eigenvalue weighted by atomic mass is 19.4. The molecule has 22 heavy (non-hydrogen) atoms. The SMILES string of the molecule is CCCC1=NN(C(=O)c2ccccc2O)[C@](O)(C(F)(F)F)C1. The molecule has 0 spiro atoms. The number of hydrogen-bond acceptors (Lipinski definition) is 4. The number of nitrogens with zero attached hydrogens (tertiary/aromatic N) is 2. The number of phenolic OH excluding ortho intramolecular Hbond substituents is 1. The van der Waals surface area contributed by atoms with Gasteiger partial charge in [0.15, 0.2) is 0 Å². The molecule has 0 bridgehead atoms. The third-order valence-electron chi connectivity index (χ3n) is 3.36. The number of rotatable bonds is 3. The topological polar surface area (TPSA) is 73.1 Å². The molecule has 8 heteroatoms. The van der Waals surface area contributed by atoms with Crippen molar-refractivity contribution in [3.05, 3.63) is 29.8 Å². The van der Waals surface area contributed by atoms with E-state index in [-0.39, 0.29) is 22.7 Å². The Kier molecular flexibility index (Phi) is 4.15. The van der Waals surface area contributed by atoms with Gasteiger partial charge in [-0.05, 0) is 18.6 Å². The van der Waals surface area contributed by atoms with E-state index in [9.17, 15) is 28.2 Å². The van der Waals surface area contributed by atoms with Gasteiger partial charge in [0.25, 0.3) is 11.6 Å². The normalized spacial score (nSPS) is 21.9. The van der Waals surface area contributed by atoms with E-state index in [4.69, 9.17) is 0 Å². The Bertz CT molecular complexity index is 616. The quantitative estimate of drug-likeness (QED) is 0.900. The fourth-order valence-corrected chi connectivity index (χ4v) is 2.25. The van der Waals surface area contributed by atoms with Crippen LogP contribution in [0.15, 0.2) is 29.4 Å². The van der Waals surface area contributed by atoms with Gasteiger partial charge in [0.1, 0.15) is 5.75 Å². The van der Waals surface area contributed by atoms with Crippen molar-refractivity contribution in [1.82, 2.24) is 5.01 Å². The lowest BCUT2D eigenvalue weighted by Gasteiger charge is -2.32. The Labute approximate surface area is 124 Å². The second-order valence-corrected chi connectivity index (χ2v) is 5.04. The first-order valence-corrected chi connectivity index (χ1v) is 6.68. The molecule has 1 aliphatic rings. The zero-order valence-corrected chi connectivity index (χ0v) is 11.8. The predicted molar refractivity (Wildman–Crippen MR) is 72.2 cm³/mol. The van der Waals surface area contributed by atoms with Crippen LogP contribution in [-0.4, -0.2) is 38.7 Å². The summed E-state index contributed by atoms with van der Waals surface area (Å²) in [6, 6.07) is 5.17. The maximum atomic E-state index is 13.2. The fraction of sp³-hybridized carbons (Fsp3) is 0.429. The standard InChI is InChI=1S/C14H15F3N2O3/c1-2-5-9-8-13(22,14(15,16)17)19(18-9)12(21)10-6-3-4-7-11(10)20/h3-4,6-7,20,22H,2,5,8H2,1H3/t13-/m1/s1. The van der Waals surface area contributed by atoms with Gasteiger partial charge in [0, 0.05) is 12.1 Å². The van der Waals surface area contributed by atoms with E-state index in [1.54, 1.807) is 6.92 Å². The molecule has 0 saturated heterocycles. The summed E-state index contributed by atoms with van der Waals surface area (Å²) in [5.41, 5.74) is -3.66. The average molecular weight is 316 g/mol. The summed E-state index contributed by atoms with van der Waals surface area (Å²) in [5, 5.41) is 23.3.